The number of ketones is 1. The van der Waals surface area contributed by atoms with Crippen LogP contribution in [0.2, 0.25) is 0 Å². The predicted molar refractivity (Wildman–Crippen MR) is 157 cm³/mol. The third-order valence-corrected chi connectivity index (χ3v) is 7.46. The first-order valence-corrected chi connectivity index (χ1v) is 13.4. The van der Waals surface area contributed by atoms with E-state index in [1.165, 1.54) is 11.3 Å². The molecule has 0 aliphatic carbocycles. The summed E-state index contributed by atoms with van der Waals surface area (Å²) < 4.78 is 0. The first-order valence-electron chi connectivity index (χ1n) is 12.6. The molecule has 0 unspecified atom stereocenters. The molecule has 5 heteroatoms. The lowest BCUT2D eigenvalue weighted by atomic mass is 9.99. The number of carbonyl (C=O) groups excluding carboxylic acids is 2. The molecule has 5 aromatic rings. The molecular formula is C33H28N2O2S. The average molecular weight is 517 g/mol. The molecule has 188 valence electrons. The van der Waals surface area contributed by atoms with Crippen LogP contribution < -0.4 is 5.32 Å². The van der Waals surface area contributed by atoms with Gasteiger partial charge in [-0.1, -0.05) is 120 Å². The topological polar surface area (TPSA) is 59.1 Å². The number of rotatable bonds is 8. The highest BCUT2D eigenvalue weighted by atomic mass is 32.1. The molecule has 0 aliphatic rings. The van der Waals surface area contributed by atoms with Crippen LogP contribution in [-0.2, 0) is 4.79 Å². The third kappa shape index (κ3) is 5.79. The molecule has 0 atom stereocenters. The van der Waals surface area contributed by atoms with E-state index < -0.39 is 0 Å². The lowest BCUT2D eigenvalue weighted by Gasteiger charge is -2.06. The maximum Gasteiger partial charge on any atom is 0.226 e. The predicted octanol–water partition coefficient (Wildman–Crippen LogP) is 8.36. The molecule has 0 bridgehead atoms. The summed E-state index contributed by atoms with van der Waals surface area (Å²) in [6.07, 6.45) is 0.258. The van der Waals surface area contributed by atoms with Gasteiger partial charge < -0.3 is 5.32 Å². The van der Waals surface area contributed by atoms with Crippen LogP contribution in [0.4, 0.5) is 5.13 Å². The summed E-state index contributed by atoms with van der Waals surface area (Å²) in [5, 5.41) is 3.45. The third-order valence-electron chi connectivity index (χ3n) is 6.44. The number of hydrogen-bond donors (Lipinski definition) is 1. The smallest absolute Gasteiger partial charge is 0.226 e. The Kier molecular flexibility index (Phi) is 7.57. The van der Waals surface area contributed by atoms with E-state index in [9.17, 15) is 9.59 Å². The van der Waals surface area contributed by atoms with E-state index in [-0.39, 0.29) is 24.5 Å². The van der Waals surface area contributed by atoms with Gasteiger partial charge in [0.1, 0.15) is 0 Å². The van der Waals surface area contributed by atoms with Crippen molar-refractivity contribution >= 4 is 28.2 Å². The highest BCUT2D eigenvalue weighted by Gasteiger charge is 2.18. The summed E-state index contributed by atoms with van der Waals surface area (Å²) in [5.74, 6) is -0.247. The Morgan fingerprint density at radius 2 is 1.32 bits per heavy atom. The quantitative estimate of drug-likeness (QED) is 0.211. The van der Waals surface area contributed by atoms with Gasteiger partial charge in [-0.05, 0) is 36.1 Å². The SMILES string of the molecule is Cc1ccc(C(=O)CCC(=O)Nc2nc(-c3ccccc3)c(-c3ccc(-c4ccccc4)cc3)s2)c(C)c1. The summed E-state index contributed by atoms with van der Waals surface area (Å²) in [4.78, 5) is 31.3. The Morgan fingerprint density at radius 1 is 0.711 bits per heavy atom. The molecule has 38 heavy (non-hydrogen) atoms. The first kappa shape index (κ1) is 25.3. The van der Waals surface area contributed by atoms with Gasteiger partial charge >= 0.3 is 0 Å². The van der Waals surface area contributed by atoms with Gasteiger partial charge in [-0.3, -0.25) is 9.59 Å². The monoisotopic (exact) mass is 516 g/mol. The maximum atomic E-state index is 12.8. The van der Waals surface area contributed by atoms with Gasteiger partial charge in [0, 0.05) is 24.0 Å². The summed E-state index contributed by atoms with van der Waals surface area (Å²) in [7, 11) is 0. The van der Waals surface area contributed by atoms with Crippen molar-refractivity contribution in [3.05, 3.63) is 120 Å². The number of aryl methyl sites for hydroxylation is 2. The second kappa shape index (κ2) is 11.4. The molecule has 5 rings (SSSR count). The average Bonchev–Trinajstić information content (AvgIpc) is 3.36. The number of nitrogens with one attached hydrogen (secondary N) is 1. The van der Waals surface area contributed by atoms with Crippen molar-refractivity contribution in [2.24, 2.45) is 0 Å². The summed E-state index contributed by atoms with van der Waals surface area (Å²) in [6, 6.07) is 34.4. The zero-order valence-electron chi connectivity index (χ0n) is 21.4. The second-order valence-electron chi connectivity index (χ2n) is 9.30. The number of Topliss-reactive ketones (excluding diaryl/α,β-unsaturated/α-hetero) is 1. The number of hydrogen-bond acceptors (Lipinski definition) is 4. The summed E-state index contributed by atoms with van der Waals surface area (Å²) in [6.45, 7) is 3.92. The number of benzene rings is 4. The molecule has 1 aromatic heterocycles. The minimum absolute atomic E-state index is 0.0269. The van der Waals surface area contributed by atoms with Crippen LogP contribution in [-0.4, -0.2) is 16.7 Å². The molecule has 1 heterocycles. The normalized spacial score (nSPS) is 10.8. The molecule has 4 nitrogen and oxygen atoms in total. The number of amides is 1. The minimum atomic E-state index is -0.220. The van der Waals surface area contributed by atoms with Crippen LogP contribution in [0.3, 0.4) is 0 Å². The molecule has 0 aliphatic heterocycles. The highest BCUT2D eigenvalue weighted by Crippen LogP contribution is 2.39. The van der Waals surface area contributed by atoms with Crippen molar-refractivity contribution < 1.29 is 9.59 Å². The van der Waals surface area contributed by atoms with Crippen LogP contribution in [0.5, 0.6) is 0 Å². The molecule has 0 fully saturated rings. The molecule has 1 N–H and O–H groups in total. The van der Waals surface area contributed by atoms with Crippen LogP contribution in [0.1, 0.15) is 34.3 Å². The van der Waals surface area contributed by atoms with E-state index in [1.807, 2.05) is 80.6 Å². The lowest BCUT2D eigenvalue weighted by Crippen LogP contribution is -2.13. The van der Waals surface area contributed by atoms with E-state index >= 15 is 0 Å². The Bertz CT molecular complexity index is 1570. The Labute approximate surface area is 227 Å². The van der Waals surface area contributed by atoms with E-state index in [4.69, 9.17) is 4.98 Å². The first-order chi connectivity index (χ1) is 18.5. The van der Waals surface area contributed by atoms with Crippen molar-refractivity contribution in [3.63, 3.8) is 0 Å². The number of thiazole rings is 1. The number of aromatic nitrogens is 1. The van der Waals surface area contributed by atoms with Gasteiger partial charge in [0.25, 0.3) is 0 Å². The Morgan fingerprint density at radius 3 is 1.97 bits per heavy atom. The van der Waals surface area contributed by atoms with Crippen molar-refractivity contribution in [1.29, 1.82) is 0 Å². The fourth-order valence-electron chi connectivity index (χ4n) is 4.48. The number of carbonyl (C=O) groups is 2. The summed E-state index contributed by atoms with van der Waals surface area (Å²) >= 11 is 1.44. The van der Waals surface area contributed by atoms with Gasteiger partial charge in [-0.2, -0.15) is 0 Å². The molecule has 0 spiro atoms. The zero-order chi connectivity index (χ0) is 26.5. The van der Waals surface area contributed by atoms with Gasteiger partial charge in [-0.15, -0.1) is 0 Å². The molecular weight excluding hydrogens is 488 g/mol. The van der Waals surface area contributed by atoms with E-state index in [0.717, 1.165) is 44.0 Å². The largest absolute Gasteiger partial charge is 0.302 e. The van der Waals surface area contributed by atoms with Crippen molar-refractivity contribution in [2.45, 2.75) is 26.7 Å². The standard InChI is InChI=1S/C33H28N2O2S/c1-22-13-18-28(23(2)21-22)29(36)19-20-30(37)34-33-35-31(26-11-7-4-8-12-26)32(38-33)27-16-14-25(15-17-27)24-9-5-3-6-10-24/h3-18,21H,19-20H2,1-2H3,(H,34,35,37). The van der Waals surface area contributed by atoms with E-state index in [2.05, 4.69) is 41.7 Å². The second-order valence-corrected chi connectivity index (χ2v) is 10.3. The molecule has 0 saturated heterocycles. The van der Waals surface area contributed by atoms with E-state index in [0.29, 0.717) is 10.7 Å². The van der Waals surface area contributed by atoms with E-state index in [1.54, 1.807) is 0 Å². The maximum absolute atomic E-state index is 12.8. The highest BCUT2D eigenvalue weighted by molar-refractivity contribution is 7.19. The van der Waals surface area contributed by atoms with Crippen LogP contribution in [0, 0.1) is 13.8 Å². The lowest BCUT2D eigenvalue weighted by molar-refractivity contribution is -0.116. The zero-order valence-corrected chi connectivity index (χ0v) is 22.2. The molecule has 1 amide bonds. The van der Waals surface area contributed by atoms with Gasteiger partial charge in [-0.25, -0.2) is 4.98 Å². The van der Waals surface area contributed by atoms with Gasteiger partial charge in [0.15, 0.2) is 10.9 Å². The van der Waals surface area contributed by atoms with Crippen LogP contribution in [0.25, 0.3) is 32.8 Å². The van der Waals surface area contributed by atoms with Crippen molar-refractivity contribution in [1.82, 2.24) is 4.98 Å². The minimum Gasteiger partial charge on any atom is -0.302 e. The van der Waals surface area contributed by atoms with Gasteiger partial charge in [0.05, 0.1) is 10.6 Å². The number of anilines is 1. The molecule has 0 saturated carbocycles. The van der Waals surface area contributed by atoms with Crippen molar-refractivity contribution in [3.8, 4) is 32.8 Å². The molecule has 0 radical (unpaired) electrons. The van der Waals surface area contributed by atoms with Crippen LogP contribution >= 0.6 is 11.3 Å². The fourth-order valence-corrected chi connectivity index (χ4v) is 5.48. The molecule has 4 aromatic carbocycles. The van der Waals surface area contributed by atoms with Crippen LogP contribution in [0.15, 0.2) is 103 Å². The fraction of sp³-hybridized carbons (Fsp3) is 0.121. The Balaban J connectivity index is 1.35. The summed E-state index contributed by atoms with van der Waals surface area (Å²) in [5.41, 5.74) is 7.86. The Hall–Kier alpha value is -4.35. The number of nitrogens with zero attached hydrogens (tertiary/aromatic N) is 1. The van der Waals surface area contributed by atoms with Gasteiger partial charge in [0.2, 0.25) is 5.91 Å². The van der Waals surface area contributed by atoms with Crippen molar-refractivity contribution in [2.75, 3.05) is 5.32 Å².